The molecule has 10 nitrogen and oxygen atoms in total. The molecule has 0 aliphatic carbocycles. The second-order valence-electron chi connectivity index (χ2n) is 10.7. The van der Waals surface area contributed by atoms with Crippen LogP contribution in [-0.4, -0.2) is 90.4 Å². The van der Waals surface area contributed by atoms with Gasteiger partial charge in [-0.1, -0.05) is 12.6 Å². The zero-order valence-corrected chi connectivity index (χ0v) is 22.3. The number of ether oxygens (including phenoxy) is 2. The Balaban J connectivity index is 1.44. The largest absolute Gasteiger partial charge is 0.488 e. The van der Waals surface area contributed by atoms with Gasteiger partial charge in [-0.25, -0.2) is 9.18 Å². The molecule has 0 spiro atoms. The average molecular weight is 548 g/mol. The van der Waals surface area contributed by atoms with Crippen LogP contribution in [0.25, 0.3) is 32.8 Å². The molecule has 0 radical (unpaired) electrons. The van der Waals surface area contributed by atoms with Crippen molar-refractivity contribution in [3.05, 3.63) is 53.2 Å². The van der Waals surface area contributed by atoms with E-state index >= 15 is 4.39 Å². The number of morpholine rings is 1. The van der Waals surface area contributed by atoms with Crippen molar-refractivity contribution in [3.8, 4) is 5.75 Å². The Kier molecular flexibility index (Phi) is 6.01. The Morgan fingerprint density at radius 2 is 2.00 bits per heavy atom. The summed E-state index contributed by atoms with van der Waals surface area (Å²) in [6.45, 7) is 10.7. The van der Waals surface area contributed by atoms with E-state index in [0.717, 1.165) is 13.1 Å². The van der Waals surface area contributed by atoms with Crippen molar-refractivity contribution in [2.24, 2.45) is 0 Å². The van der Waals surface area contributed by atoms with Crippen molar-refractivity contribution in [3.63, 3.8) is 0 Å². The summed E-state index contributed by atoms with van der Waals surface area (Å²) in [7, 11) is 0. The molecule has 11 heteroatoms. The lowest BCUT2D eigenvalue weighted by atomic mass is 10.0. The third-order valence-electron chi connectivity index (χ3n) is 8.30. The zero-order chi connectivity index (χ0) is 27.5. The lowest BCUT2D eigenvalue weighted by Gasteiger charge is -2.41. The number of halogens is 1. The topological polar surface area (TPSA) is 93.3 Å². The molecule has 1 amide bonds. The van der Waals surface area contributed by atoms with Gasteiger partial charge in [-0.2, -0.15) is 4.98 Å². The minimum Gasteiger partial charge on any atom is -0.488 e. The number of benzene rings is 2. The summed E-state index contributed by atoms with van der Waals surface area (Å²) in [6.07, 6.45) is 1.32. The molecular formula is C29H30FN5O5. The van der Waals surface area contributed by atoms with Crippen LogP contribution < -0.4 is 15.3 Å². The van der Waals surface area contributed by atoms with E-state index in [2.05, 4.69) is 21.4 Å². The normalized spacial score (nSPS) is 21.8. The number of anilines is 1. The Morgan fingerprint density at radius 3 is 2.77 bits per heavy atom. The van der Waals surface area contributed by atoms with Gasteiger partial charge in [0, 0.05) is 50.7 Å². The number of fused-ring (bicyclic) bond motifs is 4. The van der Waals surface area contributed by atoms with Gasteiger partial charge in [-0.3, -0.25) is 14.3 Å². The highest BCUT2D eigenvalue weighted by Crippen LogP contribution is 2.46. The number of hydrogen-bond donors (Lipinski definition) is 0. The maximum atomic E-state index is 15.1. The molecule has 2 fully saturated rings. The van der Waals surface area contributed by atoms with Gasteiger partial charge in [0.2, 0.25) is 5.91 Å². The Labute approximate surface area is 229 Å². The fraction of sp³-hybridized carbons (Fsp3) is 0.414. The molecule has 2 unspecified atom stereocenters. The van der Waals surface area contributed by atoms with Crippen molar-refractivity contribution >= 4 is 44.6 Å². The molecule has 3 aliphatic rings. The van der Waals surface area contributed by atoms with Gasteiger partial charge in [0.05, 0.1) is 35.5 Å². The standard InChI is InChI=1S/C29H30FN5O5/c1-3-23(36)33-7-8-34(17(2)14-33)28-19-13-22-25(24-20(30)5-4-6-21(24)40-22)27-26(19)35(29(37)31-28)18(16-39-27)15-32-9-11-38-12-10-32/h3-6,13,17-18H,1,7-12,14-16H2,2H3. The quantitative estimate of drug-likeness (QED) is 0.360. The summed E-state index contributed by atoms with van der Waals surface area (Å²) in [5, 5.41) is 1.55. The molecule has 7 rings (SSSR count). The van der Waals surface area contributed by atoms with E-state index in [1.807, 2.05) is 13.0 Å². The highest BCUT2D eigenvalue weighted by molar-refractivity contribution is 6.16. The second kappa shape index (κ2) is 9.60. The lowest BCUT2D eigenvalue weighted by molar-refractivity contribution is -0.126. The zero-order valence-electron chi connectivity index (χ0n) is 22.3. The lowest BCUT2D eigenvalue weighted by Crippen LogP contribution is -2.54. The molecule has 2 saturated heterocycles. The van der Waals surface area contributed by atoms with Crippen LogP contribution in [0.15, 0.2) is 46.1 Å². The van der Waals surface area contributed by atoms with Gasteiger partial charge >= 0.3 is 5.69 Å². The van der Waals surface area contributed by atoms with Crippen LogP contribution in [-0.2, 0) is 9.53 Å². The van der Waals surface area contributed by atoms with E-state index < -0.39 is 5.82 Å². The number of carbonyl (C=O) groups is 1. The first-order chi connectivity index (χ1) is 19.4. The van der Waals surface area contributed by atoms with Gasteiger partial charge in [0.15, 0.2) is 5.75 Å². The molecular weight excluding hydrogens is 517 g/mol. The molecule has 2 aromatic heterocycles. The predicted octanol–water partition coefficient (Wildman–Crippen LogP) is 2.92. The minimum atomic E-state index is -0.411. The highest BCUT2D eigenvalue weighted by Gasteiger charge is 2.35. The molecule has 0 bridgehead atoms. The molecule has 2 atom stereocenters. The summed E-state index contributed by atoms with van der Waals surface area (Å²) in [5.41, 5.74) is 1.09. The second-order valence-corrected chi connectivity index (χ2v) is 10.7. The van der Waals surface area contributed by atoms with E-state index in [9.17, 15) is 9.59 Å². The predicted molar refractivity (Wildman–Crippen MR) is 149 cm³/mol. The van der Waals surface area contributed by atoms with E-state index in [0.29, 0.717) is 83.8 Å². The number of hydrogen-bond acceptors (Lipinski definition) is 8. The molecule has 3 aliphatic heterocycles. The molecule has 5 heterocycles. The first-order valence-corrected chi connectivity index (χ1v) is 13.7. The summed E-state index contributed by atoms with van der Waals surface area (Å²) in [5.74, 6) is 0.407. The fourth-order valence-corrected chi connectivity index (χ4v) is 6.37. The number of amides is 1. The maximum absolute atomic E-state index is 15.1. The number of carbonyl (C=O) groups excluding carboxylic acids is 1. The van der Waals surface area contributed by atoms with Crippen molar-refractivity contribution in [2.45, 2.75) is 19.0 Å². The number of piperazine rings is 1. The van der Waals surface area contributed by atoms with Gasteiger partial charge < -0.3 is 23.7 Å². The molecule has 4 aromatic rings. The molecule has 2 aromatic carbocycles. The molecule has 0 N–H and O–H groups in total. The van der Waals surface area contributed by atoms with Crippen LogP contribution in [0.3, 0.4) is 0 Å². The van der Waals surface area contributed by atoms with Crippen LogP contribution in [0.2, 0.25) is 0 Å². The van der Waals surface area contributed by atoms with Crippen molar-refractivity contribution in [1.29, 1.82) is 0 Å². The number of nitrogens with zero attached hydrogens (tertiary/aromatic N) is 5. The third kappa shape index (κ3) is 3.87. The van der Waals surface area contributed by atoms with Gasteiger partial charge in [0.25, 0.3) is 0 Å². The smallest absolute Gasteiger partial charge is 0.350 e. The van der Waals surface area contributed by atoms with Crippen LogP contribution in [0, 0.1) is 5.82 Å². The summed E-state index contributed by atoms with van der Waals surface area (Å²) in [4.78, 5) is 36.8. The van der Waals surface area contributed by atoms with E-state index in [-0.39, 0.29) is 30.3 Å². The van der Waals surface area contributed by atoms with E-state index in [1.165, 1.54) is 12.1 Å². The van der Waals surface area contributed by atoms with Crippen molar-refractivity contribution in [2.75, 3.05) is 64.0 Å². The van der Waals surface area contributed by atoms with Crippen LogP contribution >= 0.6 is 0 Å². The third-order valence-corrected chi connectivity index (χ3v) is 8.30. The highest BCUT2D eigenvalue weighted by atomic mass is 19.1. The first-order valence-electron chi connectivity index (χ1n) is 13.7. The van der Waals surface area contributed by atoms with Gasteiger partial charge in [0.1, 0.15) is 29.4 Å². The average Bonchev–Trinajstić information content (AvgIpc) is 3.35. The Bertz CT molecular complexity index is 1730. The number of rotatable bonds is 4. The molecule has 40 heavy (non-hydrogen) atoms. The van der Waals surface area contributed by atoms with Gasteiger partial charge in [-0.05, 0) is 31.2 Å². The number of furan rings is 1. The van der Waals surface area contributed by atoms with Crippen LogP contribution in [0.1, 0.15) is 13.0 Å². The van der Waals surface area contributed by atoms with Crippen molar-refractivity contribution < 1.29 is 23.1 Å². The monoisotopic (exact) mass is 547 g/mol. The van der Waals surface area contributed by atoms with E-state index in [1.54, 1.807) is 21.6 Å². The van der Waals surface area contributed by atoms with Crippen LogP contribution in [0.4, 0.5) is 10.2 Å². The number of aromatic nitrogens is 2. The molecule has 208 valence electrons. The fourth-order valence-electron chi connectivity index (χ4n) is 6.37. The summed E-state index contributed by atoms with van der Waals surface area (Å²) in [6, 6.07) is 6.20. The van der Waals surface area contributed by atoms with Gasteiger partial charge in [-0.15, -0.1) is 0 Å². The Hall–Kier alpha value is -3.96. The van der Waals surface area contributed by atoms with E-state index in [4.69, 9.17) is 13.9 Å². The molecule has 0 saturated carbocycles. The van der Waals surface area contributed by atoms with Crippen molar-refractivity contribution in [1.82, 2.24) is 19.4 Å². The Morgan fingerprint density at radius 1 is 1.18 bits per heavy atom. The minimum absolute atomic E-state index is 0.108. The van der Waals surface area contributed by atoms with Crippen LogP contribution in [0.5, 0.6) is 5.75 Å². The first kappa shape index (κ1) is 25.0. The SMILES string of the molecule is C=CC(=O)N1CCN(c2nc(=O)n3c4c(c5c(cc24)oc2cccc(F)c25)OCC3CN2CCOCC2)C(C)C1. The summed E-state index contributed by atoms with van der Waals surface area (Å²) < 4.78 is 34.9. The summed E-state index contributed by atoms with van der Waals surface area (Å²) >= 11 is 0. The maximum Gasteiger partial charge on any atom is 0.350 e.